The lowest BCUT2D eigenvalue weighted by Gasteiger charge is -2.14. The highest BCUT2D eigenvalue weighted by molar-refractivity contribution is 6.32. The Morgan fingerprint density at radius 2 is 1.57 bits per heavy atom. The van der Waals surface area contributed by atoms with Gasteiger partial charge in [0.2, 0.25) is 0 Å². The zero-order chi connectivity index (χ0) is 27.5. The van der Waals surface area contributed by atoms with Crippen molar-refractivity contribution in [3.63, 3.8) is 0 Å². The van der Waals surface area contributed by atoms with Crippen LogP contribution in [0.2, 0.25) is 5.02 Å². The first-order chi connectivity index (χ1) is 16.9. The summed E-state index contributed by atoms with van der Waals surface area (Å²) in [4.78, 5) is 11.5. The number of hydrogen-bond donors (Lipinski definition) is 1. The Hall–Kier alpha value is -3.56. The standard InChI is InChI=1S/C20H12ClF9N6O/c1-7(15-33-8(2)35-36(15)16-12(21)4-10(6-31-16)19(25,26)27)32-17-34-13-5-9(18(22,23)24)3-11(14(13)37-17)20(28,29)30/h3-7H,1-2H3,(H,32,34)/t7-/m0/s1. The molecule has 0 unspecified atom stereocenters. The molecule has 7 nitrogen and oxygen atoms in total. The van der Waals surface area contributed by atoms with Crippen molar-refractivity contribution in [1.82, 2.24) is 24.7 Å². The van der Waals surface area contributed by atoms with E-state index in [0.29, 0.717) is 18.3 Å². The van der Waals surface area contributed by atoms with Gasteiger partial charge in [0.1, 0.15) is 16.9 Å². The summed E-state index contributed by atoms with van der Waals surface area (Å²) >= 11 is 5.98. The highest BCUT2D eigenvalue weighted by Gasteiger charge is 2.40. The molecular weight excluding hydrogens is 547 g/mol. The maximum atomic E-state index is 13.4. The van der Waals surface area contributed by atoms with Gasteiger partial charge in [-0.15, -0.1) is 5.10 Å². The van der Waals surface area contributed by atoms with Crippen LogP contribution in [0.5, 0.6) is 0 Å². The molecule has 3 heterocycles. The highest BCUT2D eigenvalue weighted by atomic mass is 35.5. The van der Waals surface area contributed by atoms with Gasteiger partial charge in [0, 0.05) is 6.20 Å². The third-order valence-electron chi connectivity index (χ3n) is 4.94. The molecule has 0 saturated heterocycles. The van der Waals surface area contributed by atoms with Crippen molar-refractivity contribution in [2.24, 2.45) is 0 Å². The fourth-order valence-corrected chi connectivity index (χ4v) is 3.57. The number of aromatic nitrogens is 5. The van der Waals surface area contributed by atoms with E-state index in [1.807, 2.05) is 0 Å². The van der Waals surface area contributed by atoms with Gasteiger partial charge in [-0.25, -0.2) is 9.97 Å². The van der Waals surface area contributed by atoms with Gasteiger partial charge in [-0.1, -0.05) is 11.6 Å². The second kappa shape index (κ2) is 8.78. The first kappa shape index (κ1) is 26.5. The monoisotopic (exact) mass is 558 g/mol. The maximum Gasteiger partial charge on any atom is 0.420 e. The summed E-state index contributed by atoms with van der Waals surface area (Å²) in [5.41, 5.74) is -6.00. The van der Waals surface area contributed by atoms with Crippen LogP contribution in [0.3, 0.4) is 0 Å². The Morgan fingerprint density at radius 3 is 2.14 bits per heavy atom. The lowest BCUT2D eigenvalue weighted by Crippen LogP contribution is -2.15. The Kier molecular flexibility index (Phi) is 6.29. The molecule has 17 heteroatoms. The summed E-state index contributed by atoms with van der Waals surface area (Å²) in [7, 11) is 0. The van der Waals surface area contributed by atoms with Gasteiger partial charge in [-0.3, -0.25) is 0 Å². The minimum atomic E-state index is -5.18. The average Bonchev–Trinajstić information content (AvgIpc) is 3.33. The number of benzene rings is 1. The van der Waals surface area contributed by atoms with Crippen LogP contribution in [0.1, 0.15) is 41.3 Å². The highest BCUT2D eigenvalue weighted by Crippen LogP contribution is 2.41. The lowest BCUT2D eigenvalue weighted by atomic mass is 10.1. The number of hydrogen-bond acceptors (Lipinski definition) is 6. The molecule has 0 aliphatic carbocycles. The molecule has 0 saturated carbocycles. The van der Waals surface area contributed by atoms with E-state index in [-0.39, 0.29) is 23.5 Å². The van der Waals surface area contributed by atoms with E-state index >= 15 is 0 Å². The van der Waals surface area contributed by atoms with Crippen LogP contribution in [0.25, 0.3) is 16.9 Å². The predicted octanol–water partition coefficient (Wildman–Crippen LogP) is 6.99. The van der Waals surface area contributed by atoms with Crippen LogP contribution >= 0.6 is 11.6 Å². The molecule has 37 heavy (non-hydrogen) atoms. The molecule has 0 spiro atoms. The van der Waals surface area contributed by atoms with Gasteiger partial charge in [-0.2, -0.15) is 49.2 Å². The minimum Gasteiger partial charge on any atom is -0.423 e. The molecule has 0 amide bonds. The molecule has 0 aliphatic heterocycles. The molecule has 4 aromatic rings. The SMILES string of the molecule is Cc1nc([C@H](C)Nc2nc3cc(C(F)(F)F)cc(C(F)(F)F)c3o2)n(-c2ncc(C(F)(F)F)cc2Cl)n1. The molecule has 0 aliphatic rings. The van der Waals surface area contributed by atoms with Crippen LogP contribution in [-0.2, 0) is 18.5 Å². The van der Waals surface area contributed by atoms with E-state index in [1.54, 1.807) is 0 Å². The van der Waals surface area contributed by atoms with Gasteiger partial charge < -0.3 is 9.73 Å². The van der Waals surface area contributed by atoms with Crippen molar-refractivity contribution in [2.75, 3.05) is 5.32 Å². The summed E-state index contributed by atoms with van der Waals surface area (Å²) in [6.45, 7) is 2.86. The second-order valence-electron chi connectivity index (χ2n) is 7.71. The van der Waals surface area contributed by atoms with Crippen molar-refractivity contribution in [3.8, 4) is 5.82 Å². The van der Waals surface area contributed by atoms with Crippen LogP contribution in [-0.4, -0.2) is 24.7 Å². The van der Waals surface area contributed by atoms with Crippen LogP contribution in [0, 0.1) is 6.92 Å². The average molecular weight is 559 g/mol. The molecule has 1 atom stereocenters. The van der Waals surface area contributed by atoms with E-state index in [1.165, 1.54) is 13.8 Å². The van der Waals surface area contributed by atoms with Gasteiger partial charge in [-0.05, 0) is 32.0 Å². The molecule has 1 N–H and O–H groups in total. The number of nitrogens with zero attached hydrogens (tertiary/aromatic N) is 5. The van der Waals surface area contributed by atoms with Gasteiger partial charge in [0.15, 0.2) is 17.2 Å². The number of oxazole rings is 1. The third-order valence-corrected chi connectivity index (χ3v) is 5.22. The molecule has 0 bridgehead atoms. The van der Waals surface area contributed by atoms with Gasteiger partial charge in [0.25, 0.3) is 6.01 Å². The van der Waals surface area contributed by atoms with E-state index in [0.717, 1.165) is 4.68 Å². The zero-order valence-electron chi connectivity index (χ0n) is 18.3. The fraction of sp³-hybridized carbons (Fsp3) is 0.300. The molecular formula is C20H12ClF9N6O. The molecule has 198 valence electrons. The number of alkyl halides is 9. The fourth-order valence-electron chi connectivity index (χ4n) is 3.33. The number of fused-ring (bicyclic) bond motifs is 1. The second-order valence-corrected chi connectivity index (χ2v) is 8.12. The van der Waals surface area contributed by atoms with Crippen molar-refractivity contribution in [3.05, 3.63) is 57.8 Å². The summed E-state index contributed by atoms with van der Waals surface area (Å²) in [5.74, 6) is -0.111. The summed E-state index contributed by atoms with van der Waals surface area (Å²) in [5, 5.41) is 6.17. The van der Waals surface area contributed by atoms with E-state index in [2.05, 4.69) is 25.4 Å². The van der Waals surface area contributed by atoms with Gasteiger partial charge >= 0.3 is 18.5 Å². The Morgan fingerprint density at radius 1 is 0.919 bits per heavy atom. The Balaban J connectivity index is 1.72. The predicted molar refractivity (Wildman–Crippen MR) is 110 cm³/mol. The number of nitrogens with one attached hydrogen (secondary N) is 1. The largest absolute Gasteiger partial charge is 0.423 e. The van der Waals surface area contributed by atoms with E-state index in [4.69, 9.17) is 16.0 Å². The molecule has 3 aromatic heterocycles. The Labute approximate surface area is 205 Å². The van der Waals surface area contributed by atoms with Crippen molar-refractivity contribution in [1.29, 1.82) is 0 Å². The third kappa shape index (κ3) is 5.28. The number of rotatable bonds is 4. The number of anilines is 1. The summed E-state index contributed by atoms with van der Waals surface area (Å²) in [6.07, 6.45) is -14.4. The quantitative estimate of drug-likeness (QED) is 0.272. The number of halogens is 10. The van der Waals surface area contributed by atoms with Crippen LogP contribution in [0.15, 0.2) is 28.8 Å². The van der Waals surface area contributed by atoms with Crippen LogP contribution < -0.4 is 5.32 Å². The maximum absolute atomic E-state index is 13.4. The lowest BCUT2D eigenvalue weighted by molar-refractivity contribution is -0.142. The number of pyridine rings is 1. The number of aryl methyl sites for hydroxylation is 1. The zero-order valence-corrected chi connectivity index (χ0v) is 19.1. The summed E-state index contributed by atoms with van der Waals surface area (Å²) < 4.78 is 125. The van der Waals surface area contributed by atoms with E-state index < -0.39 is 63.4 Å². The first-order valence-electron chi connectivity index (χ1n) is 9.97. The summed E-state index contributed by atoms with van der Waals surface area (Å²) in [6, 6.07) is -0.626. The van der Waals surface area contributed by atoms with Gasteiger partial charge in [0.05, 0.1) is 22.2 Å². The molecule has 0 fully saturated rings. The van der Waals surface area contributed by atoms with Crippen LogP contribution in [0.4, 0.5) is 45.5 Å². The minimum absolute atomic E-state index is 0.0130. The normalized spacial score (nSPS) is 13.8. The van der Waals surface area contributed by atoms with Crippen molar-refractivity contribution >= 4 is 28.7 Å². The Bertz CT molecular complexity index is 1470. The molecule has 4 rings (SSSR count). The molecule has 1 aromatic carbocycles. The molecule has 0 radical (unpaired) electrons. The van der Waals surface area contributed by atoms with Crippen molar-refractivity contribution in [2.45, 2.75) is 38.4 Å². The smallest absolute Gasteiger partial charge is 0.420 e. The van der Waals surface area contributed by atoms with E-state index in [9.17, 15) is 39.5 Å². The topological polar surface area (TPSA) is 81.7 Å². The van der Waals surface area contributed by atoms with Crippen molar-refractivity contribution < 1.29 is 43.9 Å². The first-order valence-corrected chi connectivity index (χ1v) is 10.3.